The summed E-state index contributed by atoms with van der Waals surface area (Å²) in [5.74, 6) is 0. The summed E-state index contributed by atoms with van der Waals surface area (Å²) in [5.41, 5.74) is 1.65. The molecule has 78 valence electrons. The van der Waals surface area contributed by atoms with Crippen LogP contribution in [0.5, 0.6) is 0 Å². The van der Waals surface area contributed by atoms with Gasteiger partial charge < -0.3 is 0 Å². The van der Waals surface area contributed by atoms with Gasteiger partial charge in [-0.3, -0.25) is 4.99 Å². The monoisotopic (exact) mass is 222 g/mol. The molecule has 0 spiro atoms. The SMILES string of the molecule is NS(=O)(=O)C1=CC=C2N=CC=CC=C2C1. The minimum atomic E-state index is -3.59. The Labute approximate surface area is 88.2 Å². The molecule has 0 aromatic carbocycles. The minimum absolute atomic E-state index is 0.225. The van der Waals surface area contributed by atoms with E-state index in [9.17, 15) is 8.42 Å². The first-order valence-corrected chi connectivity index (χ1v) is 5.96. The van der Waals surface area contributed by atoms with Gasteiger partial charge in [-0.05, 0) is 23.8 Å². The van der Waals surface area contributed by atoms with E-state index in [2.05, 4.69) is 4.99 Å². The third-order valence-electron chi connectivity index (χ3n) is 2.19. The van der Waals surface area contributed by atoms with Crippen molar-refractivity contribution in [3.63, 3.8) is 0 Å². The molecule has 0 saturated carbocycles. The van der Waals surface area contributed by atoms with Gasteiger partial charge in [-0.15, -0.1) is 0 Å². The predicted molar refractivity (Wildman–Crippen MR) is 59.6 cm³/mol. The summed E-state index contributed by atoms with van der Waals surface area (Å²) in [6.45, 7) is 0. The van der Waals surface area contributed by atoms with Gasteiger partial charge in [-0.1, -0.05) is 12.2 Å². The molecule has 0 bridgehead atoms. The van der Waals surface area contributed by atoms with Gasteiger partial charge >= 0.3 is 0 Å². The lowest BCUT2D eigenvalue weighted by Crippen LogP contribution is -2.16. The fourth-order valence-electron chi connectivity index (χ4n) is 1.43. The zero-order chi connectivity index (χ0) is 10.9. The number of hydrogen-bond donors (Lipinski definition) is 1. The summed E-state index contributed by atoms with van der Waals surface area (Å²) in [4.78, 5) is 4.39. The molecule has 0 aromatic heterocycles. The molecule has 4 nitrogen and oxygen atoms in total. The molecule has 2 aliphatic rings. The summed E-state index contributed by atoms with van der Waals surface area (Å²) >= 11 is 0. The molecule has 1 heterocycles. The Morgan fingerprint density at radius 2 is 2.00 bits per heavy atom. The third-order valence-corrected chi connectivity index (χ3v) is 3.21. The molecule has 0 saturated heterocycles. The fraction of sp³-hybridized carbons (Fsp3) is 0.100. The molecular formula is C10H10N2O2S. The summed E-state index contributed by atoms with van der Waals surface area (Å²) in [7, 11) is -3.59. The number of rotatable bonds is 1. The Bertz CT molecular complexity index is 534. The maximum absolute atomic E-state index is 11.1. The number of hydrogen-bond acceptors (Lipinski definition) is 3. The van der Waals surface area contributed by atoms with Crippen LogP contribution in [0.3, 0.4) is 0 Å². The summed E-state index contributed by atoms with van der Waals surface area (Å²) < 4.78 is 22.3. The largest absolute Gasteiger partial charge is 0.257 e. The quantitative estimate of drug-likeness (QED) is 0.719. The highest BCUT2D eigenvalue weighted by Crippen LogP contribution is 2.27. The molecule has 0 fully saturated rings. The molecule has 0 radical (unpaired) electrons. The van der Waals surface area contributed by atoms with E-state index in [1.165, 1.54) is 6.08 Å². The molecule has 2 N–H and O–H groups in total. The second-order valence-corrected chi connectivity index (χ2v) is 4.88. The summed E-state index contributed by atoms with van der Waals surface area (Å²) in [5, 5.41) is 5.06. The molecule has 5 heteroatoms. The van der Waals surface area contributed by atoms with E-state index in [1.54, 1.807) is 18.4 Å². The van der Waals surface area contributed by atoms with Gasteiger partial charge in [0, 0.05) is 12.6 Å². The predicted octanol–water partition coefficient (Wildman–Crippen LogP) is 1.01. The van der Waals surface area contributed by atoms with E-state index in [1.807, 2.05) is 12.2 Å². The normalized spacial score (nSPS) is 19.9. The molecule has 2 rings (SSSR count). The van der Waals surface area contributed by atoms with Gasteiger partial charge in [0.15, 0.2) is 0 Å². The Morgan fingerprint density at radius 3 is 2.73 bits per heavy atom. The van der Waals surface area contributed by atoms with E-state index < -0.39 is 10.0 Å². The van der Waals surface area contributed by atoms with Crippen molar-refractivity contribution in [2.45, 2.75) is 6.42 Å². The zero-order valence-electron chi connectivity index (χ0n) is 7.92. The van der Waals surface area contributed by atoms with Gasteiger partial charge in [0.2, 0.25) is 10.0 Å². The topological polar surface area (TPSA) is 72.5 Å². The lowest BCUT2D eigenvalue weighted by atomic mass is 10.0. The molecule has 0 amide bonds. The summed E-state index contributed by atoms with van der Waals surface area (Å²) in [6.07, 6.45) is 10.6. The van der Waals surface area contributed by atoms with Crippen molar-refractivity contribution in [1.29, 1.82) is 0 Å². The van der Waals surface area contributed by atoms with Gasteiger partial charge in [0.1, 0.15) is 0 Å². The first-order valence-electron chi connectivity index (χ1n) is 4.41. The Hall–Kier alpha value is -1.46. The van der Waals surface area contributed by atoms with Gasteiger partial charge in [0.25, 0.3) is 0 Å². The summed E-state index contributed by atoms with van der Waals surface area (Å²) in [6, 6.07) is 0. The van der Waals surface area contributed by atoms with E-state index >= 15 is 0 Å². The maximum atomic E-state index is 11.1. The molecular weight excluding hydrogens is 212 g/mol. The first-order chi connectivity index (χ1) is 7.07. The number of aliphatic imine (C=N–C) groups is 1. The fourth-order valence-corrected chi connectivity index (χ4v) is 2.04. The van der Waals surface area contributed by atoms with E-state index in [4.69, 9.17) is 5.14 Å². The number of allylic oxidation sites excluding steroid dienone is 7. The van der Waals surface area contributed by atoms with Crippen LogP contribution in [-0.2, 0) is 10.0 Å². The van der Waals surface area contributed by atoms with Crippen molar-refractivity contribution in [3.05, 3.63) is 46.6 Å². The number of fused-ring (bicyclic) bond motifs is 1. The first kappa shape index (κ1) is 10.1. The molecule has 15 heavy (non-hydrogen) atoms. The van der Waals surface area contributed by atoms with Crippen LogP contribution in [0.1, 0.15) is 6.42 Å². The maximum Gasteiger partial charge on any atom is 0.234 e. The van der Waals surface area contributed by atoms with E-state index in [0.29, 0.717) is 6.42 Å². The van der Waals surface area contributed by atoms with Crippen molar-refractivity contribution < 1.29 is 8.42 Å². The Balaban J connectivity index is 2.45. The molecule has 0 unspecified atom stereocenters. The van der Waals surface area contributed by atoms with Crippen LogP contribution < -0.4 is 5.14 Å². The second-order valence-electron chi connectivity index (χ2n) is 3.26. The second kappa shape index (κ2) is 3.60. The average Bonchev–Trinajstić information content (AvgIpc) is 2.39. The highest BCUT2D eigenvalue weighted by atomic mass is 32.2. The van der Waals surface area contributed by atoms with Crippen LogP contribution >= 0.6 is 0 Å². The average molecular weight is 222 g/mol. The molecule has 0 atom stereocenters. The van der Waals surface area contributed by atoms with Gasteiger partial charge in [-0.2, -0.15) is 0 Å². The van der Waals surface area contributed by atoms with Crippen LogP contribution in [0.2, 0.25) is 0 Å². The van der Waals surface area contributed by atoms with Crippen LogP contribution in [0.25, 0.3) is 0 Å². The van der Waals surface area contributed by atoms with Crippen molar-refractivity contribution in [2.24, 2.45) is 10.1 Å². The standard InChI is InChI=1S/C10H10N2O2S/c11-15(13,14)9-4-5-10-8(7-9)3-1-2-6-12-10/h1-6H,7H2,(H2,11,13,14). The van der Waals surface area contributed by atoms with Crippen molar-refractivity contribution >= 4 is 16.2 Å². The molecule has 1 aliphatic carbocycles. The van der Waals surface area contributed by atoms with E-state index in [-0.39, 0.29) is 4.91 Å². The smallest absolute Gasteiger partial charge is 0.234 e. The van der Waals surface area contributed by atoms with E-state index in [0.717, 1.165) is 11.3 Å². The van der Waals surface area contributed by atoms with Crippen molar-refractivity contribution in [2.75, 3.05) is 0 Å². The Morgan fingerprint density at radius 1 is 1.20 bits per heavy atom. The van der Waals surface area contributed by atoms with Gasteiger partial charge in [-0.25, -0.2) is 13.6 Å². The zero-order valence-corrected chi connectivity index (χ0v) is 8.74. The highest BCUT2D eigenvalue weighted by Gasteiger charge is 2.19. The number of nitrogens with zero attached hydrogens (tertiary/aromatic N) is 1. The number of sulfonamides is 1. The van der Waals surface area contributed by atoms with Crippen molar-refractivity contribution in [1.82, 2.24) is 0 Å². The Kier molecular flexibility index (Phi) is 2.42. The molecule has 1 aliphatic heterocycles. The third kappa shape index (κ3) is 2.14. The van der Waals surface area contributed by atoms with Crippen LogP contribution in [0, 0.1) is 0 Å². The molecule has 0 aromatic rings. The number of primary sulfonamides is 1. The minimum Gasteiger partial charge on any atom is -0.257 e. The highest BCUT2D eigenvalue weighted by molar-refractivity contribution is 7.93. The lowest BCUT2D eigenvalue weighted by Gasteiger charge is -2.13. The van der Waals surface area contributed by atoms with Crippen LogP contribution in [-0.4, -0.2) is 14.6 Å². The lowest BCUT2D eigenvalue weighted by molar-refractivity contribution is 0.602. The van der Waals surface area contributed by atoms with Crippen molar-refractivity contribution in [3.8, 4) is 0 Å². The van der Waals surface area contributed by atoms with Crippen LogP contribution in [0.4, 0.5) is 0 Å². The van der Waals surface area contributed by atoms with Crippen LogP contribution in [0.15, 0.2) is 51.5 Å². The van der Waals surface area contributed by atoms with Gasteiger partial charge in [0.05, 0.1) is 10.6 Å². The number of nitrogens with two attached hydrogens (primary N) is 1.